The summed E-state index contributed by atoms with van der Waals surface area (Å²) in [6.07, 6.45) is 0. The highest BCUT2D eigenvalue weighted by molar-refractivity contribution is 7.80. The van der Waals surface area contributed by atoms with Crippen molar-refractivity contribution >= 4 is 46.2 Å². The number of halogens is 2. The van der Waals surface area contributed by atoms with E-state index in [0.29, 0.717) is 27.5 Å². The Balaban J connectivity index is 2.65. The topological polar surface area (TPSA) is 45.6 Å². The monoisotopic (exact) mass is 333 g/mol. The van der Waals surface area contributed by atoms with Crippen LogP contribution in [0.3, 0.4) is 0 Å². The van der Waals surface area contributed by atoms with Crippen LogP contribution in [-0.2, 0) is 4.74 Å². The molecule has 1 aromatic rings. The van der Waals surface area contributed by atoms with Gasteiger partial charge in [0.15, 0.2) is 5.11 Å². The molecule has 0 aliphatic heterocycles. The van der Waals surface area contributed by atoms with Crippen molar-refractivity contribution in [1.29, 1.82) is 0 Å². The number of nitrogens with zero attached hydrogens (tertiary/aromatic N) is 1. The van der Waals surface area contributed by atoms with E-state index < -0.39 is 0 Å². The summed E-state index contributed by atoms with van der Waals surface area (Å²) in [6, 6.07) is 5.32. The van der Waals surface area contributed by atoms with E-state index in [1.807, 2.05) is 13.8 Å². The summed E-state index contributed by atoms with van der Waals surface area (Å²) in [5.74, 6) is 0. The minimum atomic E-state index is 0.102. The van der Waals surface area contributed by atoms with E-state index in [1.165, 1.54) is 0 Å². The average Bonchev–Trinajstić information content (AvgIpc) is 2.39. The molecule has 20 heavy (non-hydrogen) atoms. The highest BCUT2D eigenvalue weighted by Gasteiger charge is 2.06. The third-order valence-corrected chi connectivity index (χ3v) is 3.21. The van der Waals surface area contributed by atoms with E-state index in [9.17, 15) is 0 Å². The minimum absolute atomic E-state index is 0.102. The summed E-state index contributed by atoms with van der Waals surface area (Å²) in [4.78, 5) is 0. The van der Waals surface area contributed by atoms with Gasteiger partial charge in [0.25, 0.3) is 0 Å². The number of rotatable bonds is 5. The number of nitrogens with one attached hydrogen (secondary N) is 2. The Morgan fingerprint density at radius 2 is 2.15 bits per heavy atom. The van der Waals surface area contributed by atoms with Gasteiger partial charge in [-0.3, -0.25) is 5.43 Å². The maximum atomic E-state index is 6.10. The van der Waals surface area contributed by atoms with E-state index in [4.69, 9.17) is 40.2 Å². The summed E-state index contributed by atoms with van der Waals surface area (Å²) >= 11 is 17.2. The number of benzene rings is 1. The molecular weight excluding hydrogens is 317 g/mol. The fourth-order valence-electron chi connectivity index (χ4n) is 1.52. The normalized spacial score (nSPS) is 12.9. The second kappa shape index (κ2) is 8.42. The van der Waals surface area contributed by atoms with Crippen LogP contribution < -0.4 is 10.7 Å². The molecule has 0 fully saturated rings. The molecule has 0 aromatic heterocycles. The molecule has 0 radical (unpaired) electrons. The fourth-order valence-corrected chi connectivity index (χ4v) is 2.19. The standard InChI is InChI=1S/C13H17Cl2N3OS/c1-8(7-19-3)16-13(20)18-17-9(2)11-6-10(14)4-5-12(11)15/h4-6,8H,7H2,1-3H3,(H2,16,18,20)/b17-9-/t8-/m1/s1. The molecule has 0 aliphatic rings. The zero-order valence-corrected chi connectivity index (χ0v) is 13.9. The molecule has 2 N–H and O–H groups in total. The quantitative estimate of drug-likeness (QED) is 0.493. The third kappa shape index (κ3) is 5.63. The van der Waals surface area contributed by atoms with Crippen molar-refractivity contribution in [2.75, 3.05) is 13.7 Å². The number of hydrazone groups is 1. The van der Waals surface area contributed by atoms with E-state index in [1.54, 1.807) is 25.3 Å². The second-order valence-corrected chi connectivity index (χ2v) is 5.51. The first-order valence-electron chi connectivity index (χ1n) is 5.99. The van der Waals surface area contributed by atoms with E-state index in [0.717, 1.165) is 5.56 Å². The van der Waals surface area contributed by atoms with Gasteiger partial charge in [0.05, 0.1) is 12.3 Å². The van der Waals surface area contributed by atoms with Crippen LogP contribution in [0.4, 0.5) is 0 Å². The van der Waals surface area contributed by atoms with Gasteiger partial charge in [-0.05, 0) is 44.3 Å². The molecule has 1 rings (SSSR count). The average molecular weight is 334 g/mol. The Morgan fingerprint density at radius 1 is 1.45 bits per heavy atom. The summed E-state index contributed by atoms with van der Waals surface area (Å²) in [7, 11) is 1.64. The summed E-state index contributed by atoms with van der Waals surface area (Å²) in [5, 5.41) is 8.85. The van der Waals surface area contributed by atoms with Crippen molar-refractivity contribution in [3.8, 4) is 0 Å². The van der Waals surface area contributed by atoms with Crippen LogP contribution in [-0.4, -0.2) is 30.6 Å². The molecule has 0 saturated carbocycles. The predicted molar refractivity (Wildman–Crippen MR) is 88.9 cm³/mol. The van der Waals surface area contributed by atoms with E-state index >= 15 is 0 Å². The van der Waals surface area contributed by atoms with E-state index in [2.05, 4.69) is 15.8 Å². The lowest BCUT2D eigenvalue weighted by Crippen LogP contribution is -2.40. The molecule has 0 heterocycles. The smallest absolute Gasteiger partial charge is 0.187 e. The van der Waals surface area contributed by atoms with Crippen LogP contribution >= 0.6 is 35.4 Å². The number of hydrogen-bond acceptors (Lipinski definition) is 3. The number of ether oxygens (including phenoxy) is 1. The van der Waals surface area contributed by atoms with E-state index in [-0.39, 0.29) is 6.04 Å². The molecule has 0 saturated heterocycles. The van der Waals surface area contributed by atoms with Crippen molar-refractivity contribution in [3.05, 3.63) is 33.8 Å². The zero-order chi connectivity index (χ0) is 15.1. The Bertz CT molecular complexity index is 508. The lowest BCUT2D eigenvalue weighted by molar-refractivity contribution is 0.179. The molecule has 0 bridgehead atoms. The molecular formula is C13H17Cl2N3OS. The van der Waals surface area contributed by atoms with Gasteiger partial charge >= 0.3 is 0 Å². The molecule has 7 heteroatoms. The number of thiocarbonyl (C=S) groups is 1. The van der Waals surface area contributed by atoms with Gasteiger partial charge in [-0.2, -0.15) is 5.10 Å². The fraction of sp³-hybridized carbons (Fsp3) is 0.385. The van der Waals surface area contributed by atoms with Gasteiger partial charge in [0.2, 0.25) is 0 Å². The first-order valence-corrected chi connectivity index (χ1v) is 7.15. The van der Waals surface area contributed by atoms with Crippen molar-refractivity contribution in [1.82, 2.24) is 10.7 Å². The molecule has 0 unspecified atom stereocenters. The Labute approximate surface area is 134 Å². The molecule has 110 valence electrons. The summed E-state index contributed by atoms with van der Waals surface area (Å²) in [5.41, 5.74) is 4.23. The maximum absolute atomic E-state index is 6.10. The van der Waals surface area contributed by atoms with Crippen LogP contribution in [0.15, 0.2) is 23.3 Å². The number of methoxy groups -OCH3 is 1. The Kier molecular flexibility index (Phi) is 7.23. The third-order valence-electron chi connectivity index (χ3n) is 2.44. The molecule has 0 spiro atoms. The highest BCUT2D eigenvalue weighted by atomic mass is 35.5. The van der Waals surface area contributed by atoms with Gasteiger partial charge < -0.3 is 10.1 Å². The van der Waals surface area contributed by atoms with Gasteiger partial charge in [-0.1, -0.05) is 23.2 Å². The van der Waals surface area contributed by atoms with Gasteiger partial charge in [0, 0.05) is 28.8 Å². The van der Waals surface area contributed by atoms with Gasteiger partial charge in [0.1, 0.15) is 0 Å². The van der Waals surface area contributed by atoms with Crippen LogP contribution in [0.5, 0.6) is 0 Å². The molecule has 1 aromatic carbocycles. The zero-order valence-electron chi connectivity index (χ0n) is 11.5. The lowest BCUT2D eigenvalue weighted by Gasteiger charge is -2.14. The van der Waals surface area contributed by atoms with Crippen LogP contribution in [0.25, 0.3) is 0 Å². The summed E-state index contributed by atoms with van der Waals surface area (Å²) < 4.78 is 5.01. The first-order chi connectivity index (χ1) is 9.43. The molecule has 4 nitrogen and oxygen atoms in total. The van der Waals surface area contributed by atoms with Crippen LogP contribution in [0.1, 0.15) is 19.4 Å². The summed E-state index contributed by atoms with van der Waals surface area (Å²) in [6.45, 7) is 4.35. The lowest BCUT2D eigenvalue weighted by atomic mass is 10.1. The Hall–Kier alpha value is -0.880. The van der Waals surface area contributed by atoms with Crippen LogP contribution in [0, 0.1) is 0 Å². The first kappa shape index (κ1) is 17.2. The van der Waals surface area contributed by atoms with Crippen molar-refractivity contribution in [2.45, 2.75) is 19.9 Å². The van der Waals surface area contributed by atoms with Gasteiger partial charge in [-0.15, -0.1) is 0 Å². The SMILES string of the molecule is COC[C@@H](C)NC(=S)N/N=C(/C)c1cc(Cl)ccc1Cl. The van der Waals surface area contributed by atoms with Crippen molar-refractivity contribution in [2.24, 2.45) is 5.10 Å². The maximum Gasteiger partial charge on any atom is 0.187 e. The molecule has 1 atom stereocenters. The molecule has 0 aliphatic carbocycles. The predicted octanol–water partition coefficient (Wildman–Crippen LogP) is 3.22. The highest BCUT2D eigenvalue weighted by Crippen LogP contribution is 2.21. The van der Waals surface area contributed by atoms with Crippen molar-refractivity contribution < 1.29 is 4.74 Å². The second-order valence-electron chi connectivity index (χ2n) is 4.26. The minimum Gasteiger partial charge on any atom is -0.383 e. The molecule has 0 amide bonds. The van der Waals surface area contributed by atoms with Gasteiger partial charge in [-0.25, -0.2) is 0 Å². The van der Waals surface area contributed by atoms with Crippen LogP contribution in [0.2, 0.25) is 10.0 Å². The number of hydrogen-bond donors (Lipinski definition) is 2. The Morgan fingerprint density at radius 3 is 2.80 bits per heavy atom. The van der Waals surface area contributed by atoms with Crippen molar-refractivity contribution in [3.63, 3.8) is 0 Å². The largest absolute Gasteiger partial charge is 0.383 e.